The average molecular weight is 252 g/mol. The van der Waals surface area contributed by atoms with Gasteiger partial charge in [-0.1, -0.05) is 6.92 Å². The molecule has 1 rings (SSSR count). The second-order valence-corrected chi connectivity index (χ2v) is 4.01. The standard InChI is InChI=1S/C12H16N2O4/c1-8(11(15)16)7-14(2)9-4-5-13-10(6-9)12(17)18-3/h4-6,8H,7H2,1-3H3,(H,15,16). The van der Waals surface area contributed by atoms with E-state index in [9.17, 15) is 9.59 Å². The molecule has 0 aliphatic heterocycles. The fraction of sp³-hybridized carbons (Fsp3) is 0.417. The monoisotopic (exact) mass is 252 g/mol. The number of pyridine rings is 1. The summed E-state index contributed by atoms with van der Waals surface area (Å²) >= 11 is 0. The quantitative estimate of drug-likeness (QED) is 0.788. The molecule has 98 valence electrons. The van der Waals surface area contributed by atoms with Crippen molar-refractivity contribution in [3.05, 3.63) is 24.0 Å². The van der Waals surface area contributed by atoms with E-state index in [0.29, 0.717) is 6.54 Å². The average Bonchev–Trinajstić information content (AvgIpc) is 2.37. The Bertz CT molecular complexity index is 447. The number of ether oxygens (including phenoxy) is 1. The van der Waals surface area contributed by atoms with Crippen LogP contribution in [0.25, 0.3) is 0 Å². The Morgan fingerprint density at radius 3 is 2.78 bits per heavy atom. The molecular formula is C12H16N2O4. The van der Waals surface area contributed by atoms with Crippen LogP contribution in [-0.4, -0.2) is 42.7 Å². The second-order valence-electron chi connectivity index (χ2n) is 4.01. The van der Waals surface area contributed by atoms with Gasteiger partial charge in [0.25, 0.3) is 0 Å². The highest BCUT2D eigenvalue weighted by atomic mass is 16.5. The van der Waals surface area contributed by atoms with Crippen LogP contribution in [-0.2, 0) is 9.53 Å². The van der Waals surface area contributed by atoms with Gasteiger partial charge in [0.05, 0.1) is 13.0 Å². The molecule has 1 aromatic heterocycles. The number of anilines is 1. The number of aliphatic carboxylic acids is 1. The zero-order valence-electron chi connectivity index (χ0n) is 10.6. The maximum Gasteiger partial charge on any atom is 0.356 e. The van der Waals surface area contributed by atoms with Crippen LogP contribution in [0.3, 0.4) is 0 Å². The SMILES string of the molecule is COC(=O)c1cc(N(C)CC(C)C(=O)O)ccn1. The molecule has 0 bridgehead atoms. The molecule has 0 saturated carbocycles. The zero-order valence-corrected chi connectivity index (χ0v) is 10.6. The van der Waals surface area contributed by atoms with Crippen molar-refractivity contribution in [2.75, 3.05) is 25.6 Å². The normalized spacial score (nSPS) is 11.7. The molecular weight excluding hydrogens is 236 g/mol. The van der Waals surface area contributed by atoms with E-state index in [1.807, 2.05) is 0 Å². The Balaban J connectivity index is 2.83. The summed E-state index contributed by atoms with van der Waals surface area (Å²) in [5.74, 6) is -1.87. The summed E-state index contributed by atoms with van der Waals surface area (Å²) in [5.41, 5.74) is 0.920. The molecule has 0 amide bonds. The van der Waals surface area contributed by atoms with Gasteiger partial charge in [-0.2, -0.15) is 0 Å². The maximum atomic E-state index is 11.3. The summed E-state index contributed by atoms with van der Waals surface area (Å²) in [7, 11) is 3.04. The Labute approximate surface area is 105 Å². The van der Waals surface area contributed by atoms with Crippen LogP contribution >= 0.6 is 0 Å². The molecule has 0 radical (unpaired) electrons. The van der Waals surface area contributed by atoms with Gasteiger partial charge in [-0.05, 0) is 12.1 Å². The number of aromatic nitrogens is 1. The van der Waals surface area contributed by atoms with E-state index >= 15 is 0 Å². The molecule has 1 unspecified atom stereocenters. The van der Waals surface area contributed by atoms with Crippen molar-refractivity contribution in [3.63, 3.8) is 0 Å². The summed E-state index contributed by atoms with van der Waals surface area (Å²) < 4.78 is 4.58. The Morgan fingerprint density at radius 2 is 2.22 bits per heavy atom. The van der Waals surface area contributed by atoms with Crippen LogP contribution in [0, 0.1) is 5.92 Å². The first-order valence-electron chi connectivity index (χ1n) is 5.44. The number of hydrogen-bond acceptors (Lipinski definition) is 5. The van der Waals surface area contributed by atoms with E-state index < -0.39 is 17.9 Å². The molecule has 18 heavy (non-hydrogen) atoms. The van der Waals surface area contributed by atoms with Gasteiger partial charge in [-0.3, -0.25) is 4.79 Å². The maximum absolute atomic E-state index is 11.3. The molecule has 6 nitrogen and oxygen atoms in total. The van der Waals surface area contributed by atoms with E-state index in [2.05, 4.69) is 9.72 Å². The lowest BCUT2D eigenvalue weighted by Gasteiger charge is -2.21. The van der Waals surface area contributed by atoms with Crippen LogP contribution in [0.2, 0.25) is 0 Å². The van der Waals surface area contributed by atoms with Crippen molar-refractivity contribution in [1.29, 1.82) is 0 Å². The minimum atomic E-state index is -0.857. The zero-order chi connectivity index (χ0) is 13.7. The molecule has 0 spiro atoms. The Kier molecular flexibility index (Phi) is 4.65. The Hall–Kier alpha value is -2.11. The summed E-state index contributed by atoms with van der Waals surface area (Å²) in [6, 6.07) is 3.28. The van der Waals surface area contributed by atoms with Crippen LogP contribution < -0.4 is 4.90 Å². The van der Waals surface area contributed by atoms with Gasteiger partial charge in [0.1, 0.15) is 5.69 Å². The van der Waals surface area contributed by atoms with Crippen molar-refractivity contribution in [2.24, 2.45) is 5.92 Å². The highest BCUT2D eigenvalue weighted by Gasteiger charge is 2.15. The van der Waals surface area contributed by atoms with Crippen LogP contribution in [0.1, 0.15) is 17.4 Å². The van der Waals surface area contributed by atoms with E-state index in [-0.39, 0.29) is 5.69 Å². The lowest BCUT2D eigenvalue weighted by molar-refractivity contribution is -0.140. The van der Waals surface area contributed by atoms with Crippen LogP contribution in [0.4, 0.5) is 5.69 Å². The predicted molar refractivity (Wildman–Crippen MR) is 65.6 cm³/mol. The first-order valence-corrected chi connectivity index (χ1v) is 5.44. The number of carboxylic acid groups (broad SMARTS) is 1. The van der Waals surface area contributed by atoms with Crippen LogP contribution in [0.5, 0.6) is 0 Å². The van der Waals surface area contributed by atoms with Gasteiger partial charge < -0.3 is 14.7 Å². The lowest BCUT2D eigenvalue weighted by Crippen LogP contribution is -2.28. The summed E-state index contributed by atoms with van der Waals surface area (Å²) in [4.78, 5) is 27.7. The molecule has 0 aliphatic carbocycles. The number of carboxylic acids is 1. The fourth-order valence-electron chi connectivity index (χ4n) is 1.47. The largest absolute Gasteiger partial charge is 0.481 e. The second kappa shape index (κ2) is 6.00. The molecule has 1 atom stereocenters. The van der Waals surface area contributed by atoms with Gasteiger partial charge in [0.2, 0.25) is 0 Å². The molecule has 1 aromatic rings. The van der Waals surface area contributed by atoms with E-state index in [1.54, 1.807) is 31.0 Å². The highest BCUT2D eigenvalue weighted by Crippen LogP contribution is 2.15. The number of methoxy groups -OCH3 is 1. The topological polar surface area (TPSA) is 79.7 Å². The molecule has 0 saturated heterocycles. The van der Waals surface area contributed by atoms with Crippen molar-refractivity contribution < 1.29 is 19.4 Å². The fourth-order valence-corrected chi connectivity index (χ4v) is 1.47. The third-order valence-electron chi connectivity index (χ3n) is 2.55. The molecule has 0 aromatic carbocycles. The minimum absolute atomic E-state index is 0.199. The van der Waals surface area contributed by atoms with Crippen LogP contribution in [0.15, 0.2) is 18.3 Å². The van der Waals surface area contributed by atoms with Gasteiger partial charge in [0, 0.05) is 25.5 Å². The molecule has 0 fully saturated rings. The number of nitrogens with zero attached hydrogens (tertiary/aromatic N) is 2. The van der Waals surface area contributed by atoms with Crippen molar-refractivity contribution in [1.82, 2.24) is 4.98 Å². The van der Waals surface area contributed by atoms with Crippen molar-refractivity contribution in [2.45, 2.75) is 6.92 Å². The number of esters is 1. The van der Waals surface area contributed by atoms with Gasteiger partial charge in [-0.15, -0.1) is 0 Å². The highest BCUT2D eigenvalue weighted by molar-refractivity contribution is 5.88. The minimum Gasteiger partial charge on any atom is -0.481 e. The third kappa shape index (κ3) is 3.44. The number of hydrogen-bond donors (Lipinski definition) is 1. The number of carbonyl (C=O) groups excluding carboxylic acids is 1. The molecule has 6 heteroatoms. The van der Waals surface area contributed by atoms with E-state index in [1.165, 1.54) is 13.3 Å². The number of carbonyl (C=O) groups is 2. The number of rotatable bonds is 5. The molecule has 1 N–H and O–H groups in total. The predicted octanol–water partition coefficient (Wildman–Crippen LogP) is 1.03. The van der Waals surface area contributed by atoms with Gasteiger partial charge in [-0.25, -0.2) is 9.78 Å². The van der Waals surface area contributed by atoms with Gasteiger partial charge in [0.15, 0.2) is 0 Å². The lowest BCUT2D eigenvalue weighted by atomic mass is 10.1. The van der Waals surface area contributed by atoms with E-state index in [0.717, 1.165) is 5.69 Å². The van der Waals surface area contributed by atoms with Crippen molar-refractivity contribution in [3.8, 4) is 0 Å². The molecule has 1 heterocycles. The summed E-state index contributed by atoms with van der Waals surface area (Å²) in [6.07, 6.45) is 1.49. The smallest absolute Gasteiger partial charge is 0.356 e. The third-order valence-corrected chi connectivity index (χ3v) is 2.55. The summed E-state index contributed by atoms with van der Waals surface area (Å²) in [5, 5.41) is 8.85. The molecule has 0 aliphatic rings. The van der Waals surface area contributed by atoms with Gasteiger partial charge >= 0.3 is 11.9 Å². The summed E-state index contributed by atoms with van der Waals surface area (Å²) in [6.45, 7) is 1.97. The first-order chi connectivity index (χ1) is 8.45. The van der Waals surface area contributed by atoms with Crippen molar-refractivity contribution >= 4 is 17.6 Å². The Morgan fingerprint density at radius 1 is 1.56 bits per heavy atom. The van der Waals surface area contributed by atoms with E-state index in [4.69, 9.17) is 5.11 Å². The first kappa shape index (κ1) is 14.0.